The summed E-state index contributed by atoms with van der Waals surface area (Å²) in [5.74, 6) is 1.93. The summed E-state index contributed by atoms with van der Waals surface area (Å²) >= 11 is 0. The first kappa shape index (κ1) is 15.3. The molecule has 2 aromatic rings. The van der Waals surface area contributed by atoms with E-state index in [1.54, 1.807) is 20.3 Å². The van der Waals surface area contributed by atoms with Crippen LogP contribution < -0.4 is 14.8 Å². The average molecular weight is 314 g/mol. The molecule has 0 amide bonds. The van der Waals surface area contributed by atoms with E-state index in [0.717, 1.165) is 31.4 Å². The first-order chi connectivity index (χ1) is 11.2. The van der Waals surface area contributed by atoms with Gasteiger partial charge < -0.3 is 19.5 Å². The molecule has 1 aromatic carbocycles. The second-order valence-electron chi connectivity index (χ2n) is 5.26. The van der Waals surface area contributed by atoms with Crippen molar-refractivity contribution in [3.63, 3.8) is 0 Å². The Bertz CT molecular complexity index is 751. The van der Waals surface area contributed by atoms with Crippen LogP contribution in [0.4, 0.5) is 5.82 Å². The maximum Gasteiger partial charge on any atom is 0.234 e. The van der Waals surface area contributed by atoms with Crippen molar-refractivity contribution < 1.29 is 14.2 Å². The van der Waals surface area contributed by atoms with Gasteiger partial charge in [0.1, 0.15) is 11.9 Å². The van der Waals surface area contributed by atoms with Gasteiger partial charge in [-0.2, -0.15) is 5.26 Å². The monoisotopic (exact) mass is 314 g/mol. The van der Waals surface area contributed by atoms with Crippen LogP contribution in [-0.2, 0) is 4.74 Å². The second-order valence-corrected chi connectivity index (χ2v) is 5.26. The third-order valence-electron chi connectivity index (χ3n) is 3.86. The number of benzene rings is 1. The van der Waals surface area contributed by atoms with Gasteiger partial charge in [0.2, 0.25) is 5.82 Å². The van der Waals surface area contributed by atoms with Crippen molar-refractivity contribution in [1.29, 1.82) is 5.26 Å². The number of methoxy groups -OCH3 is 2. The Morgan fingerprint density at radius 2 is 1.87 bits per heavy atom. The van der Waals surface area contributed by atoms with Gasteiger partial charge >= 0.3 is 0 Å². The molecule has 7 nitrogen and oxygen atoms in total. The smallest absolute Gasteiger partial charge is 0.234 e. The largest absolute Gasteiger partial charge is 0.493 e. The topological polar surface area (TPSA) is 89.3 Å². The van der Waals surface area contributed by atoms with Crippen molar-refractivity contribution in [2.45, 2.75) is 18.9 Å². The van der Waals surface area contributed by atoms with E-state index in [2.05, 4.69) is 15.3 Å². The Labute approximate surface area is 134 Å². The summed E-state index contributed by atoms with van der Waals surface area (Å²) in [6.45, 7) is 1.45. The minimum atomic E-state index is 0.124. The van der Waals surface area contributed by atoms with E-state index >= 15 is 0 Å². The van der Waals surface area contributed by atoms with Gasteiger partial charge in [0.25, 0.3) is 0 Å². The Morgan fingerprint density at radius 3 is 2.52 bits per heavy atom. The molecule has 0 saturated carbocycles. The molecule has 23 heavy (non-hydrogen) atoms. The number of nitrogens with zero attached hydrogens (tertiary/aromatic N) is 3. The summed E-state index contributed by atoms with van der Waals surface area (Å²) < 4.78 is 16.0. The lowest BCUT2D eigenvalue weighted by Crippen LogP contribution is -2.28. The second kappa shape index (κ2) is 6.67. The molecule has 2 heterocycles. The van der Waals surface area contributed by atoms with Crippen molar-refractivity contribution in [3.05, 3.63) is 18.0 Å². The van der Waals surface area contributed by atoms with Gasteiger partial charge in [-0.1, -0.05) is 0 Å². The van der Waals surface area contributed by atoms with Crippen LogP contribution in [0, 0.1) is 11.3 Å². The Kier molecular flexibility index (Phi) is 4.44. The molecule has 7 heteroatoms. The molecule has 0 spiro atoms. The Hall–Kier alpha value is -2.59. The number of ether oxygens (including phenoxy) is 3. The van der Waals surface area contributed by atoms with Gasteiger partial charge in [0.15, 0.2) is 11.5 Å². The number of aromatic nitrogens is 2. The normalized spacial score (nSPS) is 15.2. The zero-order chi connectivity index (χ0) is 16.2. The van der Waals surface area contributed by atoms with Crippen molar-refractivity contribution in [2.75, 3.05) is 32.8 Å². The maximum atomic E-state index is 9.18. The number of rotatable bonds is 4. The van der Waals surface area contributed by atoms with Crippen molar-refractivity contribution in [1.82, 2.24) is 9.97 Å². The highest BCUT2D eigenvalue weighted by atomic mass is 16.5. The van der Waals surface area contributed by atoms with Gasteiger partial charge in [-0.3, -0.25) is 0 Å². The summed E-state index contributed by atoms with van der Waals surface area (Å²) in [4.78, 5) is 8.58. The number of nitriles is 1. The fourth-order valence-electron chi connectivity index (χ4n) is 2.65. The zero-order valence-corrected chi connectivity index (χ0v) is 13.1. The van der Waals surface area contributed by atoms with Gasteiger partial charge in [-0.05, 0) is 18.9 Å². The molecule has 0 radical (unpaired) electrons. The molecule has 1 aromatic heterocycles. The van der Waals surface area contributed by atoms with Crippen LogP contribution in [0.5, 0.6) is 11.5 Å². The molecule has 1 aliphatic heterocycles. The zero-order valence-electron chi connectivity index (χ0n) is 13.1. The van der Waals surface area contributed by atoms with Crippen LogP contribution in [0.25, 0.3) is 10.9 Å². The molecule has 0 aliphatic carbocycles. The number of fused-ring (bicyclic) bond motifs is 1. The molecule has 1 saturated heterocycles. The number of anilines is 1. The van der Waals surface area contributed by atoms with E-state index in [0.29, 0.717) is 22.8 Å². The van der Waals surface area contributed by atoms with E-state index in [-0.39, 0.29) is 11.9 Å². The summed E-state index contributed by atoms with van der Waals surface area (Å²) in [6, 6.07) is 5.86. The van der Waals surface area contributed by atoms with Crippen LogP contribution in [0.15, 0.2) is 12.1 Å². The lowest BCUT2D eigenvalue weighted by atomic mass is 10.1. The van der Waals surface area contributed by atoms with E-state index in [9.17, 15) is 5.26 Å². The predicted molar refractivity (Wildman–Crippen MR) is 84.8 cm³/mol. The van der Waals surface area contributed by atoms with Crippen LogP contribution >= 0.6 is 0 Å². The third-order valence-corrected chi connectivity index (χ3v) is 3.86. The number of hydrogen-bond acceptors (Lipinski definition) is 7. The molecule has 3 rings (SSSR count). The minimum Gasteiger partial charge on any atom is -0.493 e. The Morgan fingerprint density at radius 1 is 1.17 bits per heavy atom. The van der Waals surface area contributed by atoms with Crippen molar-refractivity contribution in [2.24, 2.45) is 0 Å². The van der Waals surface area contributed by atoms with E-state index in [1.165, 1.54) is 0 Å². The molecule has 1 aliphatic rings. The van der Waals surface area contributed by atoms with E-state index in [1.807, 2.05) is 12.1 Å². The van der Waals surface area contributed by atoms with E-state index in [4.69, 9.17) is 14.2 Å². The summed E-state index contributed by atoms with van der Waals surface area (Å²) in [6.07, 6.45) is 1.81. The summed E-state index contributed by atoms with van der Waals surface area (Å²) in [7, 11) is 3.15. The molecular formula is C16H18N4O3. The third kappa shape index (κ3) is 3.12. The SMILES string of the molecule is COc1cc2nc(C#N)nc(NC3CCOCC3)c2cc1OC. The van der Waals surface area contributed by atoms with E-state index < -0.39 is 0 Å². The van der Waals surface area contributed by atoms with Crippen LogP contribution in [-0.4, -0.2) is 43.4 Å². The highest BCUT2D eigenvalue weighted by Crippen LogP contribution is 2.34. The molecule has 0 atom stereocenters. The van der Waals surface area contributed by atoms with Crippen LogP contribution in [0.2, 0.25) is 0 Å². The maximum absolute atomic E-state index is 9.18. The highest BCUT2D eigenvalue weighted by Gasteiger charge is 2.18. The predicted octanol–water partition coefficient (Wildman–Crippen LogP) is 2.11. The van der Waals surface area contributed by atoms with Gasteiger partial charge in [-0.15, -0.1) is 0 Å². The number of hydrogen-bond donors (Lipinski definition) is 1. The van der Waals surface area contributed by atoms with Crippen molar-refractivity contribution >= 4 is 16.7 Å². The molecular weight excluding hydrogens is 296 g/mol. The van der Waals surface area contributed by atoms with Crippen LogP contribution in [0.3, 0.4) is 0 Å². The number of nitrogens with one attached hydrogen (secondary N) is 1. The molecule has 120 valence electrons. The van der Waals surface area contributed by atoms with Crippen molar-refractivity contribution in [3.8, 4) is 17.6 Å². The van der Waals surface area contributed by atoms with Gasteiger partial charge in [-0.25, -0.2) is 9.97 Å². The summed E-state index contributed by atoms with van der Waals surface area (Å²) in [5.41, 5.74) is 0.642. The highest BCUT2D eigenvalue weighted by molar-refractivity contribution is 5.92. The quantitative estimate of drug-likeness (QED) is 0.924. The lowest BCUT2D eigenvalue weighted by Gasteiger charge is -2.24. The fourth-order valence-corrected chi connectivity index (χ4v) is 2.65. The molecule has 1 N–H and O–H groups in total. The first-order valence-electron chi connectivity index (χ1n) is 7.43. The Balaban J connectivity index is 2.08. The van der Waals surface area contributed by atoms with Crippen LogP contribution in [0.1, 0.15) is 18.7 Å². The standard InChI is InChI=1S/C16H18N4O3/c1-21-13-7-11-12(8-14(13)22-2)19-15(9-17)20-16(11)18-10-3-5-23-6-4-10/h7-8,10H,3-6H2,1-2H3,(H,18,19,20). The summed E-state index contributed by atoms with van der Waals surface area (Å²) in [5, 5.41) is 13.4. The average Bonchev–Trinajstić information content (AvgIpc) is 2.61. The molecule has 0 bridgehead atoms. The fraction of sp³-hybridized carbons (Fsp3) is 0.438. The first-order valence-corrected chi connectivity index (χ1v) is 7.43. The molecule has 1 fully saturated rings. The van der Waals surface area contributed by atoms with Gasteiger partial charge in [0.05, 0.1) is 19.7 Å². The minimum absolute atomic E-state index is 0.124. The van der Waals surface area contributed by atoms with Gasteiger partial charge in [0, 0.05) is 30.7 Å². The lowest BCUT2D eigenvalue weighted by molar-refractivity contribution is 0.0904. The molecule has 0 unspecified atom stereocenters.